The van der Waals surface area contributed by atoms with Crippen molar-refractivity contribution in [1.82, 2.24) is 5.32 Å². The largest absolute Gasteiger partial charge is 0.353 e. The smallest absolute Gasteiger partial charge is 0.224 e. The van der Waals surface area contributed by atoms with Crippen LogP contribution >= 0.6 is 0 Å². The van der Waals surface area contributed by atoms with Crippen LogP contribution in [0.2, 0.25) is 0 Å². The van der Waals surface area contributed by atoms with Gasteiger partial charge < -0.3 is 5.32 Å². The third-order valence-electron chi connectivity index (χ3n) is 3.46. The standard InChI is InChI=1S/C18H23NO/c1-13(2)11-14(3)19-18(20)12-16-9-6-8-15-7-4-5-10-17(15)16/h4-10,13-14H,11-12H2,1-3H3,(H,19,20)/t14-/m1/s1. The first-order valence-corrected chi connectivity index (χ1v) is 7.32. The maximum atomic E-state index is 12.1. The first kappa shape index (κ1) is 14.6. The number of fused-ring (bicyclic) bond motifs is 1. The molecule has 0 aliphatic carbocycles. The lowest BCUT2D eigenvalue weighted by Gasteiger charge is -2.16. The topological polar surface area (TPSA) is 29.1 Å². The Morgan fingerprint density at radius 2 is 1.75 bits per heavy atom. The van der Waals surface area contributed by atoms with E-state index in [1.807, 2.05) is 24.3 Å². The van der Waals surface area contributed by atoms with Gasteiger partial charge in [-0.1, -0.05) is 56.3 Å². The van der Waals surface area contributed by atoms with E-state index in [4.69, 9.17) is 0 Å². The van der Waals surface area contributed by atoms with Gasteiger partial charge in [0.25, 0.3) is 0 Å². The molecule has 2 rings (SSSR count). The summed E-state index contributed by atoms with van der Waals surface area (Å²) in [6.07, 6.45) is 1.46. The summed E-state index contributed by atoms with van der Waals surface area (Å²) in [7, 11) is 0. The normalized spacial score (nSPS) is 12.6. The minimum absolute atomic E-state index is 0.106. The maximum Gasteiger partial charge on any atom is 0.224 e. The predicted octanol–water partition coefficient (Wildman–Crippen LogP) is 3.93. The van der Waals surface area contributed by atoms with Gasteiger partial charge in [0, 0.05) is 6.04 Å². The molecule has 2 aromatic rings. The number of rotatable bonds is 5. The van der Waals surface area contributed by atoms with Gasteiger partial charge in [0.15, 0.2) is 0 Å². The van der Waals surface area contributed by atoms with Gasteiger partial charge in [0.1, 0.15) is 0 Å². The van der Waals surface area contributed by atoms with Gasteiger partial charge in [-0.2, -0.15) is 0 Å². The number of carbonyl (C=O) groups excluding carboxylic acids is 1. The molecule has 0 aromatic heterocycles. The van der Waals surface area contributed by atoms with Gasteiger partial charge in [-0.15, -0.1) is 0 Å². The highest BCUT2D eigenvalue weighted by molar-refractivity contribution is 5.90. The van der Waals surface area contributed by atoms with Crippen LogP contribution in [0.25, 0.3) is 10.8 Å². The summed E-state index contributed by atoms with van der Waals surface area (Å²) in [5, 5.41) is 5.44. The fraction of sp³-hybridized carbons (Fsp3) is 0.389. The fourth-order valence-corrected chi connectivity index (χ4v) is 2.71. The Balaban J connectivity index is 2.06. The highest BCUT2D eigenvalue weighted by Gasteiger charge is 2.11. The minimum Gasteiger partial charge on any atom is -0.353 e. The van der Waals surface area contributed by atoms with Crippen molar-refractivity contribution in [2.45, 2.75) is 39.7 Å². The summed E-state index contributed by atoms with van der Waals surface area (Å²) in [6, 6.07) is 14.6. The van der Waals surface area contributed by atoms with E-state index < -0.39 is 0 Å². The summed E-state index contributed by atoms with van der Waals surface area (Å²) in [4.78, 5) is 12.1. The Hall–Kier alpha value is -1.83. The highest BCUT2D eigenvalue weighted by atomic mass is 16.1. The molecule has 0 bridgehead atoms. The van der Waals surface area contributed by atoms with E-state index in [1.54, 1.807) is 0 Å². The van der Waals surface area contributed by atoms with E-state index in [0.717, 1.165) is 12.0 Å². The zero-order valence-corrected chi connectivity index (χ0v) is 12.5. The molecular weight excluding hydrogens is 246 g/mol. The van der Waals surface area contributed by atoms with Gasteiger partial charge in [0.2, 0.25) is 5.91 Å². The van der Waals surface area contributed by atoms with Crippen molar-refractivity contribution in [3.63, 3.8) is 0 Å². The molecule has 0 fully saturated rings. The first-order chi connectivity index (χ1) is 9.56. The van der Waals surface area contributed by atoms with E-state index in [0.29, 0.717) is 12.3 Å². The van der Waals surface area contributed by atoms with Crippen molar-refractivity contribution in [2.24, 2.45) is 5.92 Å². The third-order valence-corrected chi connectivity index (χ3v) is 3.46. The number of carbonyl (C=O) groups is 1. The quantitative estimate of drug-likeness (QED) is 0.875. The molecule has 2 aromatic carbocycles. The molecule has 1 amide bonds. The van der Waals surface area contributed by atoms with Crippen LogP contribution < -0.4 is 5.32 Å². The van der Waals surface area contributed by atoms with Gasteiger partial charge in [0.05, 0.1) is 6.42 Å². The van der Waals surface area contributed by atoms with Crippen LogP contribution in [0.5, 0.6) is 0 Å². The molecule has 0 heterocycles. The van der Waals surface area contributed by atoms with Crippen LogP contribution in [0.15, 0.2) is 42.5 Å². The number of hydrogen-bond acceptors (Lipinski definition) is 1. The highest BCUT2D eigenvalue weighted by Crippen LogP contribution is 2.19. The average Bonchev–Trinajstić information content (AvgIpc) is 2.38. The summed E-state index contributed by atoms with van der Waals surface area (Å²) in [6.45, 7) is 6.42. The second-order valence-electron chi connectivity index (χ2n) is 5.91. The van der Waals surface area contributed by atoms with Crippen molar-refractivity contribution in [1.29, 1.82) is 0 Å². The van der Waals surface area contributed by atoms with Crippen LogP contribution in [-0.4, -0.2) is 11.9 Å². The second-order valence-corrected chi connectivity index (χ2v) is 5.91. The molecule has 1 N–H and O–H groups in total. The van der Waals surface area contributed by atoms with E-state index >= 15 is 0 Å². The van der Waals surface area contributed by atoms with Crippen molar-refractivity contribution in [3.05, 3.63) is 48.0 Å². The Morgan fingerprint density at radius 3 is 2.50 bits per heavy atom. The van der Waals surface area contributed by atoms with E-state index in [2.05, 4.69) is 44.3 Å². The Labute approximate surface area is 121 Å². The van der Waals surface area contributed by atoms with Crippen LogP contribution in [0, 0.1) is 5.92 Å². The summed E-state index contributed by atoms with van der Waals surface area (Å²) in [5.74, 6) is 0.706. The van der Waals surface area contributed by atoms with Crippen LogP contribution in [0.3, 0.4) is 0 Å². The molecule has 2 heteroatoms. The summed E-state index contributed by atoms with van der Waals surface area (Å²) in [5.41, 5.74) is 1.09. The van der Waals surface area contributed by atoms with Gasteiger partial charge in [-0.25, -0.2) is 0 Å². The number of benzene rings is 2. The van der Waals surface area contributed by atoms with Crippen LogP contribution in [0.4, 0.5) is 0 Å². The molecule has 0 spiro atoms. The van der Waals surface area contributed by atoms with E-state index in [-0.39, 0.29) is 11.9 Å². The molecule has 106 valence electrons. The molecule has 1 atom stereocenters. The Kier molecular flexibility index (Phi) is 4.78. The van der Waals surface area contributed by atoms with Crippen LogP contribution in [0.1, 0.15) is 32.8 Å². The lowest BCUT2D eigenvalue weighted by molar-refractivity contribution is -0.121. The SMILES string of the molecule is CC(C)C[C@@H](C)NC(=O)Cc1cccc2ccccc12. The fourth-order valence-electron chi connectivity index (χ4n) is 2.71. The average molecular weight is 269 g/mol. The molecule has 2 nitrogen and oxygen atoms in total. The minimum atomic E-state index is 0.106. The summed E-state index contributed by atoms with van der Waals surface area (Å²) < 4.78 is 0. The van der Waals surface area contributed by atoms with E-state index in [9.17, 15) is 4.79 Å². The van der Waals surface area contributed by atoms with E-state index in [1.165, 1.54) is 10.8 Å². The summed E-state index contributed by atoms with van der Waals surface area (Å²) >= 11 is 0. The monoisotopic (exact) mass is 269 g/mol. The zero-order chi connectivity index (χ0) is 14.5. The number of hydrogen-bond donors (Lipinski definition) is 1. The molecule has 0 aliphatic rings. The molecule has 0 saturated heterocycles. The maximum absolute atomic E-state index is 12.1. The zero-order valence-electron chi connectivity index (χ0n) is 12.5. The van der Waals surface area contributed by atoms with Gasteiger partial charge in [-0.05, 0) is 35.6 Å². The number of nitrogens with one attached hydrogen (secondary N) is 1. The molecule has 0 aliphatic heterocycles. The second kappa shape index (κ2) is 6.56. The molecule has 20 heavy (non-hydrogen) atoms. The molecular formula is C18H23NO. The Morgan fingerprint density at radius 1 is 1.05 bits per heavy atom. The van der Waals surface area contributed by atoms with Crippen molar-refractivity contribution in [2.75, 3.05) is 0 Å². The van der Waals surface area contributed by atoms with Crippen LogP contribution in [-0.2, 0) is 11.2 Å². The predicted molar refractivity (Wildman–Crippen MR) is 84.7 cm³/mol. The van der Waals surface area contributed by atoms with Gasteiger partial charge in [-0.3, -0.25) is 4.79 Å². The number of amides is 1. The molecule has 0 unspecified atom stereocenters. The molecule has 0 radical (unpaired) electrons. The lowest BCUT2D eigenvalue weighted by atomic mass is 10.0. The first-order valence-electron chi connectivity index (χ1n) is 7.32. The van der Waals surface area contributed by atoms with Crippen molar-refractivity contribution >= 4 is 16.7 Å². The Bertz CT molecular complexity index is 583. The van der Waals surface area contributed by atoms with Crippen molar-refractivity contribution < 1.29 is 4.79 Å². The van der Waals surface area contributed by atoms with Crippen molar-refractivity contribution in [3.8, 4) is 0 Å². The molecule has 0 saturated carbocycles. The lowest BCUT2D eigenvalue weighted by Crippen LogP contribution is -2.34. The van der Waals surface area contributed by atoms with Gasteiger partial charge >= 0.3 is 0 Å². The third kappa shape index (κ3) is 3.83.